The molecule has 1 fully saturated rings. The first-order valence-corrected chi connectivity index (χ1v) is 10.9. The quantitative estimate of drug-likeness (QED) is 0.484. The van der Waals surface area contributed by atoms with E-state index in [1.54, 1.807) is 43.4 Å². The highest BCUT2D eigenvalue weighted by atomic mass is 16.5. The average molecular weight is 460 g/mol. The van der Waals surface area contributed by atoms with Gasteiger partial charge < -0.3 is 25.0 Å². The molecule has 0 atom stereocenters. The van der Waals surface area contributed by atoms with Gasteiger partial charge in [-0.3, -0.25) is 4.79 Å². The maximum Gasteiger partial charge on any atom is 0.257 e. The van der Waals surface area contributed by atoms with Gasteiger partial charge in [0, 0.05) is 43.8 Å². The molecule has 2 aromatic carbocycles. The number of para-hydroxylation sites is 1. The summed E-state index contributed by atoms with van der Waals surface area (Å²) < 4.78 is 12.5. The molecule has 174 valence electrons. The van der Waals surface area contributed by atoms with Gasteiger partial charge in [0.1, 0.15) is 5.82 Å². The average Bonchev–Trinajstić information content (AvgIpc) is 3.38. The van der Waals surface area contributed by atoms with Gasteiger partial charge in [-0.1, -0.05) is 18.2 Å². The number of hydrogen-bond acceptors (Lipinski definition) is 8. The molecular formula is C24H25N7O3. The zero-order valence-corrected chi connectivity index (χ0v) is 19.0. The number of nitrogen functional groups attached to an aromatic ring is 1. The third kappa shape index (κ3) is 3.94. The Labute approximate surface area is 196 Å². The van der Waals surface area contributed by atoms with Crippen LogP contribution in [0.15, 0.2) is 54.9 Å². The first kappa shape index (κ1) is 21.5. The molecule has 2 aromatic heterocycles. The molecule has 0 bridgehead atoms. The summed E-state index contributed by atoms with van der Waals surface area (Å²) in [5.74, 6) is 2.00. The van der Waals surface area contributed by atoms with Crippen molar-refractivity contribution in [2.24, 2.45) is 0 Å². The number of hydrogen-bond donors (Lipinski definition) is 1. The second-order valence-electron chi connectivity index (χ2n) is 7.92. The molecule has 1 saturated heterocycles. The summed E-state index contributed by atoms with van der Waals surface area (Å²) in [4.78, 5) is 26.1. The van der Waals surface area contributed by atoms with Crippen LogP contribution in [0, 0.1) is 0 Å². The van der Waals surface area contributed by atoms with Gasteiger partial charge in [-0.05, 0) is 18.2 Å². The highest BCUT2D eigenvalue weighted by Crippen LogP contribution is 2.34. The molecular weight excluding hydrogens is 434 g/mol. The van der Waals surface area contributed by atoms with Crippen molar-refractivity contribution >= 4 is 28.6 Å². The lowest BCUT2D eigenvalue weighted by molar-refractivity contribution is 0.0746. The number of ether oxygens (including phenoxy) is 2. The molecule has 0 aliphatic carbocycles. The molecule has 10 nitrogen and oxygen atoms in total. The van der Waals surface area contributed by atoms with E-state index in [4.69, 9.17) is 20.2 Å². The highest BCUT2D eigenvalue weighted by Gasteiger charge is 2.25. The van der Waals surface area contributed by atoms with E-state index in [-0.39, 0.29) is 5.91 Å². The number of fused-ring (bicyclic) bond motifs is 1. The van der Waals surface area contributed by atoms with E-state index >= 15 is 0 Å². The molecule has 0 spiro atoms. The number of aromatic nitrogens is 4. The van der Waals surface area contributed by atoms with E-state index < -0.39 is 0 Å². The topological polar surface area (TPSA) is 112 Å². The summed E-state index contributed by atoms with van der Waals surface area (Å²) in [5.41, 5.74) is 8.37. The van der Waals surface area contributed by atoms with Crippen molar-refractivity contribution in [3.05, 3.63) is 60.4 Å². The molecule has 1 aliphatic heterocycles. The minimum Gasteiger partial charge on any atom is -0.493 e. The van der Waals surface area contributed by atoms with Crippen LogP contribution in [0.1, 0.15) is 10.4 Å². The monoisotopic (exact) mass is 459 g/mol. The van der Waals surface area contributed by atoms with Crippen LogP contribution < -0.4 is 20.1 Å². The van der Waals surface area contributed by atoms with Crippen molar-refractivity contribution in [3.8, 4) is 17.2 Å². The molecule has 0 unspecified atom stereocenters. The molecule has 3 heterocycles. The van der Waals surface area contributed by atoms with E-state index in [0.29, 0.717) is 65.9 Å². The Morgan fingerprint density at radius 2 is 1.68 bits per heavy atom. The van der Waals surface area contributed by atoms with Crippen LogP contribution in [0.5, 0.6) is 11.5 Å². The van der Waals surface area contributed by atoms with Crippen molar-refractivity contribution < 1.29 is 14.3 Å². The van der Waals surface area contributed by atoms with Crippen LogP contribution in [0.2, 0.25) is 0 Å². The lowest BCUT2D eigenvalue weighted by Crippen LogP contribution is -2.49. The zero-order chi connectivity index (χ0) is 23.7. The second-order valence-corrected chi connectivity index (χ2v) is 7.92. The number of piperazine rings is 1. The summed E-state index contributed by atoms with van der Waals surface area (Å²) in [7, 11) is 3.15. The molecule has 4 aromatic rings. The van der Waals surface area contributed by atoms with E-state index in [9.17, 15) is 4.79 Å². The number of carbonyl (C=O) groups excluding carboxylic acids is 1. The van der Waals surface area contributed by atoms with E-state index in [0.717, 1.165) is 5.69 Å². The highest BCUT2D eigenvalue weighted by molar-refractivity contribution is 5.94. The Balaban J connectivity index is 1.30. The molecule has 0 radical (unpaired) electrons. The Bertz CT molecular complexity index is 1330. The normalized spacial score (nSPS) is 13.8. The maximum absolute atomic E-state index is 13.0. The first-order valence-electron chi connectivity index (χ1n) is 10.9. The fourth-order valence-electron chi connectivity index (χ4n) is 4.06. The van der Waals surface area contributed by atoms with Crippen LogP contribution in [0.3, 0.4) is 0 Å². The smallest absolute Gasteiger partial charge is 0.257 e. The number of rotatable bonds is 5. The molecule has 2 N–H and O–H groups in total. The lowest BCUT2D eigenvalue weighted by atomic mass is 10.2. The van der Waals surface area contributed by atoms with E-state index in [1.165, 1.54) is 0 Å². The number of anilines is 2. The van der Waals surface area contributed by atoms with Crippen molar-refractivity contribution in [2.45, 2.75) is 0 Å². The zero-order valence-electron chi connectivity index (χ0n) is 19.0. The second kappa shape index (κ2) is 8.89. The third-order valence-electron chi connectivity index (χ3n) is 5.92. The van der Waals surface area contributed by atoms with E-state index in [1.807, 2.05) is 40.1 Å². The maximum atomic E-state index is 13.0. The third-order valence-corrected chi connectivity index (χ3v) is 5.92. The standard InChI is InChI=1S/C24H25N7O3/c1-33-20-12-18-19(13-21(20)34-2)27-24(28-22(18)25)30-10-8-29(9-11-30)23(32)16-14-26-31(15-16)17-6-4-3-5-7-17/h3-7,12-15H,8-11H2,1-2H3,(H2,25,27,28). The number of nitrogens with zero attached hydrogens (tertiary/aromatic N) is 6. The van der Waals surface area contributed by atoms with Gasteiger partial charge in [-0.25, -0.2) is 9.67 Å². The predicted molar refractivity (Wildman–Crippen MR) is 129 cm³/mol. The molecule has 1 aliphatic rings. The SMILES string of the molecule is COc1cc2nc(N3CCN(C(=O)c4cnn(-c5ccccc5)c4)CC3)nc(N)c2cc1OC. The number of benzene rings is 2. The summed E-state index contributed by atoms with van der Waals surface area (Å²) in [6, 6.07) is 13.3. The summed E-state index contributed by atoms with van der Waals surface area (Å²) in [6.07, 6.45) is 3.37. The molecule has 34 heavy (non-hydrogen) atoms. The van der Waals surface area contributed by atoms with Crippen molar-refractivity contribution in [1.29, 1.82) is 0 Å². The minimum atomic E-state index is -0.0439. The van der Waals surface area contributed by atoms with Crippen molar-refractivity contribution in [3.63, 3.8) is 0 Å². The van der Waals surface area contributed by atoms with Crippen LogP contribution in [-0.4, -0.2) is 71.0 Å². The van der Waals surface area contributed by atoms with Gasteiger partial charge >= 0.3 is 0 Å². The number of amides is 1. The van der Waals surface area contributed by atoms with Crippen molar-refractivity contribution in [1.82, 2.24) is 24.6 Å². The Morgan fingerprint density at radius 3 is 2.38 bits per heavy atom. The molecule has 1 amide bonds. The Morgan fingerprint density at radius 1 is 0.971 bits per heavy atom. The minimum absolute atomic E-state index is 0.0439. The van der Waals surface area contributed by atoms with E-state index in [2.05, 4.69) is 10.1 Å². The number of methoxy groups -OCH3 is 2. The van der Waals surface area contributed by atoms with Crippen LogP contribution >= 0.6 is 0 Å². The first-order chi connectivity index (χ1) is 16.6. The molecule has 0 saturated carbocycles. The molecule has 10 heteroatoms. The van der Waals surface area contributed by atoms with Gasteiger partial charge in [0.05, 0.1) is 37.2 Å². The largest absolute Gasteiger partial charge is 0.493 e. The summed E-state index contributed by atoms with van der Waals surface area (Å²) in [6.45, 7) is 2.28. The number of nitrogens with two attached hydrogens (primary N) is 1. The van der Waals surface area contributed by atoms with Crippen LogP contribution in [0.4, 0.5) is 11.8 Å². The molecule has 5 rings (SSSR count). The summed E-state index contributed by atoms with van der Waals surface area (Å²) >= 11 is 0. The Kier molecular flexibility index (Phi) is 5.62. The van der Waals surface area contributed by atoms with Gasteiger partial charge in [-0.15, -0.1) is 0 Å². The van der Waals surface area contributed by atoms with Gasteiger partial charge in [0.2, 0.25) is 5.95 Å². The lowest BCUT2D eigenvalue weighted by Gasteiger charge is -2.34. The van der Waals surface area contributed by atoms with Crippen molar-refractivity contribution in [2.75, 3.05) is 51.0 Å². The Hall–Kier alpha value is -4.34. The number of carbonyl (C=O) groups is 1. The van der Waals surface area contributed by atoms with Gasteiger partial charge in [0.15, 0.2) is 11.5 Å². The fraction of sp³-hybridized carbons (Fsp3) is 0.250. The summed E-state index contributed by atoms with van der Waals surface area (Å²) in [5, 5.41) is 5.04. The van der Waals surface area contributed by atoms with Gasteiger partial charge in [-0.2, -0.15) is 10.1 Å². The fourth-order valence-corrected chi connectivity index (χ4v) is 4.06. The van der Waals surface area contributed by atoms with Crippen LogP contribution in [-0.2, 0) is 0 Å². The van der Waals surface area contributed by atoms with Gasteiger partial charge in [0.25, 0.3) is 5.91 Å². The van der Waals surface area contributed by atoms with Crippen LogP contribution in [0.25, 0.3) is 16.6 Å². The predicted octanol–water partition coefficient (Wildman–Crippen LogP) is 2.38.